The van der Waals surface area contributed by atoms with Crippen LogP contribution in [0.1, 0.15) is 34.1 Å². The summed E-state index contributed by atoms with van der Waals surface area (Å²) in [6, 6.07) is 0. The summed E-state index contributed by atoms with van der Waals surface area (Å²) in [5.41, 5.74) is 0. The van der Waals surface area contributed by atoms with Crippen LogP contribution < -0.4 is 0 Å². The minimum Gasteiger partial charge on any atom is -0.421 e. The maximum atomic E-state index is 5.63. The van der Waals surface area contributed by atoms with Gasteiger partial charge in [-0.25, -0.2) is 0 Å². The molecular weight excluding hydrogens is 140 g/mol. The lowest BCUT2D eigenvalue weighted by atomic mass is 10.3. The first-order valence-electron chi connectivity index (χ1n) is 3.92. The average molecular weight is 159 g/mol. The highest BCUT2D eigenvalue weighted by atomic mass is 28.2. The Hall–Kier alpha value is 0.177. The van der Waals surface area contributed by atoms with Gasteiger partial charge in [-0.3, -0.25) is 0 Å². The second-order valence-electron chi connectivity index (χ2n) is 3.69. The molecular formula is C8H19OSi. The minimum atomic E-state index is -0.420. The van der Waals surface area contributed by atoms with Crippen molar-refractivity contribution in [3.8, 4) is 0 Å². The Kier molecular flexibility index (Phi) is 4.21. The summed E-state index contributed by atoms with van der Waals surface area (Å²) >= 11 is 0. The summed E-state index contributed by atoms with van der Waals surface area (Å²) < 4.78 is 5.63. The first-order chi connectivity index (χ1) is 4.45. The SMILES string of the molecule is [CH2]C(C)(C)[SiH2]OC(C)CC. The molecule has 0 heterocycles. The fraction of sp³-hybridized carbons (Fsp3) is 0.875. The van der Waals surface area contributed by atoms with Crippen LogP contribution >= 0.6 is 0 Å². The van der Waals surface area contributed by atoms with E-state index < -0.39 is 9.76 Å². The molecule has 0 aromatic rings. The fourth-order valence-corrected chi connectivity index (χ4v) is 1.46. The molecule has 0 aliphatic carbocycles. The predicted octanol–water partition coefficient (Wildman–Crippen LogP) is 1.92. The molecule has 0 spiro atoms. The van der Waals surface area contributed by atoms with E-state index in [0.717, 1.165) is 6.42 Å². The van der Waals surface area contributed by atoms with Crippen molar-refractivity contribution in [2.45, 2.75) is 45.3 Å². The van der Waals surface area contributed by atoms with E-state index in [1.54, 1.807) is 0 Å². The molecule has 0 aliphatic rings. The Bertz CT molecular complexity index is 85.7. The lowest BCUT2D eigenvalue weighted by Crippen LogP contribution is -2.18. The summed E-state index contributed by atoms with van der Waals surface area (Å²) in [7, 11) is -0.420. The highest BCUT2D eigenvalue weighted by molar-refractivity contribution is 6.32. The Morgan fingerprint density at radius 2 is 2.10 bits per heavy atom. The van der Waals surface area contributed by atoms with Gasteiger partial charge in [0, 0.05) is 6.10 Å². The summed E-state index contributed by atoms with van der Waals surface area (Å²) in [5, 5.41) is 0.198. The lowest BCUT2D eigenvalue weighted by Gasteiger charge is -2.20. The molecule has 0 aromatic heterocycles. The van der Waals surface area contributed by atoms with Crippen molar-refractivity contribution in [2.75, 3.05) is 0 Å². The van der Waals surface area contributed by atoms with Crippen LogP contribution in [0.5, 0.6) is 0 Å². The molecule has 1 unspecified atom stereocenters. The van der Waals surface area contributed by atoms with Crippen molar-refractivity contribution in [1.29, 1.82) is 0 Å². The van der Waals surface area contributed by atoms with Crippen LogP contribution in [0, 0.1) is 6.92 Å². The Balaban J connectivity index is 3.36. The Morgan fingerprint density at radius 3 is 2.40 bits per heavy atom. The van der Waals surface area contributed by atoms with E-state index >= 15 is 0 Å². The van der Waals surface area contributed by atoms with E-state index in [9.17, 15) is 0 Å². The average Bonchev–Trinajstić information content (AvgIpc) is 1.81. The van der Waals surface area contributed by atoms with E-state index in [1.807, 2.05) is 0 Å². The molecule has 0 saturated heterocycles. The molecule has 2 heteroatoms. The first kappa shape index (κ1) is 10.2. The monoisotopic (exact) mass is 159 g/mol. The largest absolute Gasteiger partial charge is 0.421 e. The van der Waals surface area contributed by atoms with Gasteiger partial charge in [-0.15, -0.1) is 0 Å². The molecule has 61 valence electrons. The highest BCUT2D eigenvalue weighted by Gasteiger charge is 2.12. The smallest absolute Gasteiger partial charge is 0.167 e. The van der Waals surface area contributed by atoms with Gasteiger partial charge in [0.2, 0.25) is 0 Å². The van der Waals surface area contributed by atoms with Crippen molar-refractivity contribution in [3.05, 3.63) is 6.92 Å². The second-order valence-corrected chi connectivity index (χ2v) is 6.23. The van der Waals surface area contributed by atoms with E-state index in [4.69, 9.17) is 4.43 Å². The van der Waals surface area contributed by atoms with Crippen LogP contribution in [0.4, 0.5) is 0 Å². The predicted molar refractivity (Wildman–Crippen MR) is 48.8 cm³/mol. The van der Waals surface area contributed by atoms with Crippen LogP contribution in [0.3, 0.4) is 0 Å². The van der Waals surface area contributed by atoms with Gasteiger partial charge in [-0.1, -0.05) is 20.8 Å². The van der Waals surface area contributed by atoms with Gasteiger partial charge in [0.05, 0.1) is 0 Å². The van der Waals surface area contributed by atoms with Crippen LogP contribution in [-0.2, 0) is 4.43 Å². The highest BCUT2D eigenvalue weighted by Crippen LogP contribution is 2.20. The fourth-order valence-electron chi connectivity index (χ4n) is 0.486. The zero-order chi connectivity index (χ0) is 8.20. The second kappa shape index (κ2) is 4.14. The van der Waals surface area contributed by atoms with Crippen molar-refractivity contribution >= 4 is 9.76 Å². The zero-order valence-electron chi connectivity index (χ0n) is 7.61. The van der Waals surface area contributed by atoms with Crippen molar-refractivity contribution < 1.29 is 4.43 Å². The Labute approximate surface area is 67.1 Å². The molecule has 0 aliphatic heterocycles. The molecule has 0 rings (SSSR count). The van der Waals surface area contributed by atoms with Gasteiger partial charge in [-0.05, 0) is 25.3 Å². The first-order valence-corrected chi connectivity index (χ1v) is 5.21. The maximum Gasteiger partial charge on any atom is 0.167 e. The minimum absolute atomic E-state index is 0.198. The Morgan fingerprint density at radius 1 is 1.60 bits per heavy atom. The third kappa shape index (κ3) is 6.30. The molecule has 0 bridgehead atoms. The molecule has 0 N–H and O–H groups in total. The number of hydrogen-bond donors (Lipinski definition) is 0. The van der Waals surface area contributed by atoms with Crippen molar-refractivity contribution in [3.63, 3.8) is 0 Å². The van der Waals surface area contributed by atoms with Crippen LogP contribution in [0.15, 0.2) is 0 Å². The van der Waals surface area contributed by atoms with E-state index in [2.05, 4.69) is 34.6 Å². The summed E-state index contributed by atoms with van der Waals surface area (Å²) in [6.45, 7) is 12.6. The van der Waals surface area contributed by atoms with Gasteiger partial charge < -0.3 is 4.43 Å². The molecule has 1 nitrogen and oxygen atoms in total. The quantitative estimate of drug-likeness (QED) is 0.569. The topological polar surface area (TPSA) is 9.23 Å². The maximum absolute atomic E-state index is 5.63. The lowest BCUT2D eigenvalue weighted by molar-refractivity contribution is 0.221. The van der Waals surface area contributed by atoms with E-state index in [0.29, 0.717) is 6.10 Å². The third-order valence-electron chi connectivity index (χ3n) is 1.33. The normalized spacial score (nSPS) is 16.5. The van der Waals surface area contributed by atoms with Crippen LogP contribution in [0.2, 0.25) is 5.04 Å². The van der Waals surface area contributed by atoms with Gasteiger partial charge in [-0.2, -0.15) is 0 Å². The molecule has 0 aromatic carbocycles. The standard InChI is InChI=1S/C8H19OSi/c1-6-7(2)9-10-8(3,4)5/h7H,3,6,10H2,1-2,4-5H3. The third-order valence-corrected chi connectivity index (χ3v) is 2.85. The number of rotatable bonds is 4. The molecule has 1 radical (unpaired) electrons. The summed E-state index contributed by atoms with van der Waals surface area (Å²) in [5.74, 6) is 0. The van der Waals surface area contributed by atoms with Gasteiger partial charge in [0.1, 0.15) is 0 Å². The molecule has 0 amide bonds. The molecule has 10 heavy (non-hydrogen) atoms. The van der Waals surface area contributed by atoms with E-state index in [1.165, 1.54) is 0 Å². The molecule has 1 atom stereocenters. The van der Waals surface area contributed by atoms with Gasteiger partial charge >= 0.3 is 0 Å². The van der Waals surface area contributed by atoms with Crippen LogP contribution in [0.25, 0.3) is 0 Å². The van der Waals surface area contributed by atoms with Crippen LogP contribution in [-0.4, -0.2) is 15.9 Å². The zero-order valence-corrected chi connectivity index (χ0v) is 9.02. The van der Waals surface area contributed by atoms with Crippen molar-refractivity contribution in [2.24, 2.45) is 0 Å². The molecule has 0 saturated carbocycles. The summed E-state index contributed by atoms with van der Waals surface area (Å²) in [6.07, 6.45) is 1.55. The van der Waals surface area contributed by atoms with Gasteiger partial charge in [0.25, 0.3) is 0 Å². The summed E-state index contributed by atoms with van der Waals surface area (Å²) in [4.78, 5) is 0. The van der Waals surface area contributed by atoms with E-state index in [-0.39, 0.29) is 5.04 Å². The number of hydrogen-bond acceptors (Lipinski definition) is 1. The van der Waals surface area contributed by atoms with Gasteiger partial charge in [0.15, 0.2) is 9.76 Å². The molecule has 0 fully saturated rings. The van der Waals surface area contributed by atoms with Crippen molar-refractivity contribution in [1.82, 2.24) is 0 Å².